The van der Waals surface area contributed by atoms with E-state index in [1.165, 1.54) is 11.8 Å². The first-order valence-electron chi connectivity index (χ1n) is 10.6. The van der Waals surface area contributed by atoms with Crippen LogP contribution in [0.4, 0.5) is 0 Å². The quantitative estimate of drug-likeness (QED) is 0.0880. The summed E-state index contributed by atoms with van der Waals surface area (Å²) < 4.78 is 0. The minimum absolute atomic E-state index is 0.0543. The van der Waals surface area contributed by atoms with Crippen molar-refractivity contribution < 1.29 is 48.6 Å². The SMILES string of the molecule is CSCC[C@H](NC(=O)[C@H](CC(=O)O)NC(C)=O)C(=O)N[C@H](CCC(N)=O)C(=O)N[C@@H](C=O)CC(=O)O. The highest BCUT2D eigenvalue weighted by Crippen LogP contribution is 2.06. The van der Waals surface area contributed by atoms with Gasteiger partial charge in [-0.2, -0.15) is 11.8 Å². The fourth-order valence-electron chi connectivity index (χ4n) is 2.84. The second-order valence-electron chi connectivity index (χ2n) is 7.61. The first-order valence-corrected chi connectivity index (χ1v) is 12.0. The van der Waals surface area contributed by atoms with E-state index in [2.05, 4.69) is 21.3 Å². The van der Waals surface area contributed by atoms with Crippen LogP contribution in [0.5, 0.6) is 0 Å². The Bertz CT molecular complexity index is 837. The van der Waals surface area contributed by atoms with E-state index in [4.69, 9.17) is 15.9 Å². The summed E-state index contributed by atoms with van der Waals surface area (Å²) in [6.45, 7) is 1.08. The number of aldehydes is 1. The number of amides is 5. The monoisotopic (exact) mass is 533 g/mol. The van der Waals surface area contributed by atoms with Crippen LogP contribution in [0.25, 0.3) is 0 Å². The molecule has 0 aliphatic carbocycles. The summed E-state index contributed by atoms with van der Waals surface area (Å²) in [5.41, 5.74) is 5.11. The van der Waals surface area contributed by atoms with Crippen molar-refractivity contribution in [1.82, 2.24) is 21.3 Å². The van der Waals surface area contributed by atoms with Gasteiger partial charge in [0.25, 0.3) is 0 Å². The Balaban J connectivity index is 5.68. The lowest BCUT2D eigenvalue weighted by atomic mass is 10.1. The molecular weight excluding hydrogens is 502 g/mol. The minimum Gasteiger partial charge on any atom is -0.481 e. The maximum Gasteiger partial charge on any atom is 0.305 e. The van der Waals surface area contributed by atoms with Crippen LogP contribution in [-0.4, -0.2) is 94.1 Å². The molecule has 36 heavy (non-hydrogen) atoms. The summed E-state index contributed by atoms with van der Waals surface area (Å²) in [7, 11) is 0. The summed E-state index contributed by atoms with van der Waals surface area (Å²) in [5, 5.41) is 26.9. The minimum atomic E-state index is -1.47. The Labute approximate surface area is 210 Å². The number of carboxylic acid groups (broad SMARTS) is 2. The van der Waals surface area contributed by atoms with E-state index in [1.807, 2.05) is 0 Å². The van der Waals surface area contributed by atoms with Crippen molar-refractivity contribution >= 4 is 59.5 Å². The average Bonchev–Trinajstić information content (AvgIpc) is 2.76. The smallest absolute Gasteiger partial charge is 0.305 e. The molecule has 0 aromatic carbocycles. The number of primary amides is 1. The van der Waals surface area contributed by atoms with Crippen LogP contribution in [0, 0.1) is 0 Å². The zero-order chi connectivity index (χ0) is 27.8. The molecule has 0 unspecified atom stereocenters. The van der Waals surface area contributed by atoms with Gasteiger partial charge in [0.1, 0.15) is 24.4 Å². The van der Waals surface area contributed by atoms with Gasteiger partial charge in [0.2, 0.25) is 29.5 Å². The molecule has 0 aromatic heterocycles. The molecule has 0 saturated carbocycles. The Morgan fingerprint density at radius 3 is 1.75 bits per heavy atom. The van der Waals surface area contributed by atoms with E-state index in [0.29, 0.717) is 5.75 Å². The van der Waals surface area contributed by atoms with Gasteiger partial charge in [-0.15, -0.1) is 0 Å². The third-order valence-corrected chi connectivity index (χ3v) is 5.16. The predicted octanol–water partition coefficient (Wildman–Crippen LogP) is -2.89. The fourth-order valence-corrected chi connectivity index (χ4v) is 3.31. The number of carbonyl (C=O) groups is 8. The predicted molar refractivity (Wildman–Crippen MR) is 125 cm³/mol. The number of hydrogen-bond donors (Lipinski definition) is 7. The number of carboxylic acids is 2. The van der Waals surface area contributed by atoms with Crippen molar-refractivity contribution in [3.05, 3.63) is 0 Å². The van der Waals surface area contributed by atoms with Crippen LogP contribution in [0.15, 0.2) is 0 Å². The van der Waals surface area contributed by atoms with Crippen molar-refractivity contribution in [3.63, 3.8) is 0 Å². The number of hydrogen-bond acceptors (Lipinski definition) is 9. The molecule has 202 valence electrons. The number of carbonyl (C=O) groups excluding carboxylic acids is 6. The van der Waals surface area contributed by atoms with Gasteiger partial charge < -0.3 is 42.0 Å². The van der Waals surface area contributed by atoms with Gasteiger partial charge >= 0.3 is 11.9 Å². The Morgan fingerprint density at radius 2 is 1.31 bits per heavy atom. The molecule has 0 bridgehead atoms. The second-order valence-corrected chi connectivity index (χ2v) is 8.59. The van der Waals surface area contributed by atoms with E-state index in [1.54, 1.807) is 6.26 Å². The van der Waals surface area contributed by atoms with Crippen molar-refractivity contribution in [3.8, 4) is 0 Å². The fraction of sp³-hybridized carbons (Fsp3) is 0.600. The van der Waals surface area contributed by atoms with Crippen molar-refractivity contribution in [2.45, 2.75) is 63.2 Å². The van der Waals surface area contributed by atoms with Gasteiger partial charge in [-0.3, -0.25) is 33.6 Å². The zero-order valence-corrected chi connectivity index (χ0v) is 20.6. The van der Waals surface area contributed by atoms with Gasteiger partial charge in [0, 0.05) is 13.3 Å². The van der Waals surface area contributed by atoms with Crippen LogP contribution < -0.4 is 27.0 Å². The first-order chi connectivity index (χ1) is 16.8. The van der Waals surface area contributed by atoms with Gasteiger partial charge in [-0.1, -0.05) is 0 Å². The molecule has 0 aromatic rings. The molecule has 0 saturated heterocycles. The summed E-state index contributed by atoms with van der Waals surface area (Å²) in [5.74, 6) is -6.61. The Morgan fingerprint density at radius 1 is 0.806 bits per heavy atom. The number of nitrogens with two attached hydrogens (primary N) is 1. The number of thioether (sulfide) groups is 1. The lowest BCUT2D eigenvalue weighted by Crippen LogP contribution is -2.57. The topological polar surface area (TPSA) is 251 Å². The highest BCUT2D eigenvalue weighted by molar-refractivity contribution is 7.98. The molecule has 0 radical (unpaired) electrons. The van der Waals surface area contributed by atoms with Crippen molar-refractivity contribution in [2.75, 3.05) is 12.0 Å². The molecule has 0 spiro atoms. The van der Waals surface area contributed by atoms with Crippen LogP contribution in [-0.2, 0) is 38.4 Å². The van der Waals surface area contributed by atoms with Crippen LogP contribution >= 0.6 is 11.8 Å². The number of aliphatic carboxylic acids is 2. The third-order valence-electron chi connectivity index (χ3n) is 4.52. The van der Waals surface area contributed by atoms with E-state index >= 15 is 0 Å². The summed E-state index contributed by atoms with van der Waals surface area (Å²) in [6, 6.07) is -5.55. The van der Waals surface area contributed by atoms with E-state index in [9.17, 15) is 38.4 Å². The van der Waals surface area contributed by atoms with Crippen LogP contribution in [0.1, 0.15) is 39.0 Å². The summed E-state index contributed by atoms with van der Waals surface area (Å²) in [4.78, 5) is 93.7. The van der Waals surface area contributed by atoms with E-state index < -0.39 is 78.5 Å². The lowest BCUT2D eigenvalue weighted by Gasteiger charge is -2.25. The second kappa shape index (κ2) is 16.9. The average molecular weight is 534 g/mol. The van der Waals surface area contributed by atoms with E-state index in [-0.39, 0.29) is 25.5 Å². The number of rotatable bonds is 18. The molecule has 15 nitrogen and oxygen atoms in total. The maximum atomic E-state index is 12.9. The molecule has 16 heteroatoms. The molecule has 0 aliphatic heterocycles. The molecule has 4 atom stereocenters. The Hall–Kier alpha value is -3.69. The van der Waals surface area contributed by atoms with Crippen molar-refractivity contribution in [2.24, 2.45) is 5.73 Å². The molecule has 8 N–H and O–H groups in total. The number of nitrogens with one attached hydrogen (secondary N) is 4. The van der Waals surface area contributed by atoms with Crippen LogP contribution in [0.3, 0.4) is 0 Å². The van der Waals surface area contributed by atoms with Gasteiger partial charge in [-0.05, 0) is 24.9 Å². The standard InChI is InChI=1S/C20H31N5O10S/c1-10(27)22-14(8-17(31)32)20(35)25-13(5-6-36-2)19(34)24-12(3-4-15(21)28)18(33)23-11(9-26)7-16(29)30/h9,11-14H,3-8H2,1-2H3,(H2,21,28)(H,22,27)(H,23,33)(H,24,34)(H,25,35)(H,29,30)(H,31,32)/t11-,12-,13+,14+/m1/s1. The lowest BCUT2D eigenvalue weighted by molar-refractivity contribution is -0.141. The normalized spacial score (nSPS) is 13.7. The molecule has 0 rings (SSSR count). The third kappa shape index (κ3) is 13.9. The van der Waals surface area contributed by atoms with Gasteiger partial charge in [0.05, 0.1) is 18.9 Å². The van der Waals surface area contributed by atoms with Crippen LogP contribution in [0.2, 0.25) is 0 Å². The highest BCUT2D eigenvalue weighted by Gasteiger charge is 2.31. The van der Waals surface area contributed by atoms with Crippen molar-refractivity contribution in [1.29, 1.82) is 0 Å². The summed E-state index contributed by atoms with van der Waals surface area (Å²) >= 11 is 1.33. The highest BCUT2D eigenvalue weighted by atomic mass is 32.2. The maximum absolute atomic E-state index is 12.9. The first kappa shape index (κ1) is 32.3. The molecule has 0 fully saturated rings. The molecule has 5 amide bonds. The van der Waals surface area contributed by atoms with Gasteiger partial charge in [0.15, 0.2) is 0 Å². The Kier molecular flexibility index (Phi) is 15.1. The largest absolute Gasteiger partial charge is 0.481 e. The molecule has 0 aliphatic rings. The summed E-state index contributed by atoms with van der Waals surface area (Å²) in [6.07, 6.45) is -0.110. The molecule has 0 heterocycles. The zero-order valence-electron chi connectivity index (χ0n) is 19.8. The van der Waals surface area contributed by atoms with E-state index in [0.717, 1.165) is 6.92 Å². The molecular formula is C20H31N5O10S. The van der Waals surface area contributed by atoms with Gasteiger partial charge in [-0.25, -0.2) is 0 Å².